The van der Waals surface area contributed by atoms with Crippen molar-refractivity contribution in [2.24, 2.45) is 5.18 Å². The Morgan fingerprint density at radius 1 is 1.32 bits per heavy atom. The molecule has 1 N–H and O–H groups in total. The van der Waals surface area contributed by atoms with Gasteiger partial charge in [-0.15, -0.1) is 4.91 Å². The third-order valence-electron chi connectivity index (χ3n) is 2.96. The molecule has 0 aliphatic rings. The lowest BCUT2D eigenvalue weighted by Gasteiger charge is -2.02. The van der Waals surface area contributed by atoms with E-state index in [1.807, 2.05) is 0 Å². The summed E-state index contributed by atoms with van der Waals surface area (Å²) in [5, 5.41) is 16.6. The maximum absolute atomic E-state index is 10.8. The van der Waals surface area contributed by atoms with Crippen LogP contribution in [-0.4, -0.2) is 27.3 Å². The lowest BCUT2D eigenvalue weighted by Crippen LogP contribution is -1.87. The number of benzene rings is 1. The van der Waals surface area contributed by atoms with Crippen LogP contribution in [0.15, 0.2) is 46.2 Å². The predicted octanol–water partition coefficient (Wildman–Crippen LogP) is 2.91. The molecule has 0 spiro atoms. The molecule has 110 valence electrons. The van der Waals surface area contributed by atoms with Gasteiger partial charge < -0.3 is 14.4 Å². The Morgan fingerprint density at radius 3 is 2.91 bits per heavy atom. The molecular formula is C14H10N4O4. The molecule has 8 heteroatoms. The van der Waals surface area contributed by atoms with Gasteiger partial charge in [-0.3, -0.25) is 4.98 Å². The molecular weight excluding hydrogens is 288 g/mol. The van der Waals surface area contributed by atoms with E-state index in [0.717, 1.165) is 0 Å². The Morgan fingerprint density at radius 2 is 2.18 bits per heavy atom. The number of hydrogen-bond donors (Lipinski definition) is 1. The zero-order valence-electron chi connectivity index (χ0n) is 11.4. The van der Waals surface area contributed by atoms with Crippen molar-refractivity contribution in [2.45, 2.75) is 0 Å². The lowest BCUT2D eigenvalue weighted by atomic mass is 10.2. The summed E-state index contributed by atoms with van der Waals surface area (Å²) in [6.07, 6.45) is 1.49. The number of methoxy groups -OCH3 is 1. The molecule has 2 heterocycles. The average Bonchev–Trinajstić information content (AvgIpc) is 3.04. The van der Waals surface area contributed by atoms with E-state index < -0.39 is 0 Å². The lowest BCUT2D eigenvalue weighted by molar-refractivity contribution is 0.405. The molecule has 0 amide bonds. The van der Waals surface area contributed by atoms with E-state index >= 15 is 0 Å². The first-order chi connectivity index (χ1) is 10.7. The van der Waals surface area contributed by atoms with Crippen molar-refractivity contribution in [1.29, 1.82) is 0 Å². The van der Waals surface area contributed by atoms with E-state index in [0.29, 0.717) is 11.3 Å². The number of aromatic nitrogens is 3. The molecule has 3 rings (SSSR count). The molecule has 8 nitrogen and oxygen atoms in total. The smallest absolute Gasteiger partial charge is 0.262 e. The predicted molar refractivity (Wildman–Crippen MR) is 76.6 cm³/mol. The van der Waals surface area contributed by atoms with Crippen LogP contribution < -0.4 is 4.74 Å². The minimum absolute atomic E-state index is 0.0655. The number of phenols is 1. The number of ether oxygens (including phenoxy) is 1. The number of aromatic hydroxyl groups is 1. The van der Waals surface area contributed by atoms with E-state index in [1.54, 1.807) is 18.2 Å². The van der Waals surface area contributed by atoms with Gasteiger partial charge in [0.05, 0.1) is 12.7 Å². The van der Waals surface area contributed by atoms with Gasteiger partial charge in [0, 0.05) is 12.3 Å². The first-order valence-corrected chi connectivity index (χ1v) is 6.22. The van der Waals surface area contributed by atoms with Crippen LogP contribution in [0.3, 0.4) is 0 Å². The third kappa shape index (κ3) is 2.37. The fourth-order valence-electron chi connectivity index (χ4n) is 1.89. The number of nitroso groups, excluding NO2 is 1. The Hall–Kier alpha value is -3.29. The molecule has 0 atom stereocenters. The van der Waals surface area contributed by atoms with E-state index in [-0.39, 0.29) is 28.8 Å². The van der Waals surface area contributed by atoms with Gasteiger partial charge in [-0.05, 0) is 29.4 Å². The van der Waals surface area contributed by atoms with E-state index in [1.165, 1.54) is 25.4 Å². The second-order valence-corrected chi connectivity index (χ2v) is 4.27. The Labute approximate surface area is 124 Å². The van der Waals surface area contributed by atoms with Gasteiger partial charge in [-0.1, -0.05) is 5.16 Å². The Balaban J connectivity index is 2.02. The van der Waals surface area contributed by atoms with Gasteiger partial charge in [0.2, 0.25) is 5.82 Å². The Kier molecular flexibility index (Phi) is 3.48. The van der Waals surface area contributed by atoms with Crippen molar-refractivity contribution in [3.8, 4) is 34.5 Å². The molecule has 22 heavy (non-hydrogen) atoms. The fraction of sp³-hybridized carbons (Fsp3) is 0.0714. The van der Waals surface area contributed by atoms with Crippen LogP contribution in [0.25, 0.3) is 23.0 Å². The summed E-state index contributed by atoms with van der Waals surface area (Å²) in [7, 11) is 1.49. The Bertz CT molecular complexity index is 831. The number of nitrogens with zero attached hydrogens (tertiary/aromatic N) is 4. The maximum Gasteiger partial charge on any atom is 0.262 e. The standard InChI is InChI=1S/C14H10N4O4/c1-21-8-4-5-9(11(19)7-8)14-16-13(18-22-14)12-10(17-20)3-2-6-15-12/h2-7,19H,1H3. The van der Waals surface area contributed by atoms with Crippen molar-refractivity contribution in [3.05, 3.63) is 41.4 Å². The van der Waals surface area contributed by atoms with Crippen LogP contribution in [0.4, 0.5) is 5.69 Å². The number of phenolic OH excluding ortho intramolecular Hbond substituents is 1. The highest BCUT2D eigenvalue weighted by Gasteiger charge is 2.17. The maximum atomic E-state index is 10.8. The first kappa shape index (κ1) is 13.7. The molecule has 0 saturated carbocycles. The third-order valence-corrected chi connectivity index (χ3v) is 2.96. The summed E-state index contributed by atoms with van der Waals surface area (Å²) in [5.41, 5.74) is 0.658. The van der Waals surface area contributed by atoms with Gasteiger partial charge in [0.15, 0.2) is 0 Å². The van der Waals surface area contributed by atoms with Gasteiger partial charge in [0.25, 0.3) is 5.89 Å². The summed E-state index contributed by atoms with van der Waals surface area (Å²) >= 11 is 0. The van der Waals surface area contributed by atoms with Crippen LogP contribution in [-0.2, 0) is 0 Å². The van der Waals surface area contributed by atoms with E-state index in [9.17, 15) is 10.0 Å². The van der Waals surface area contributed by atoms with Gasteiger partial charge >= 0.3 is 0 Å². The van der Waals surface area contributed by atoms with E-state index in [2.05, 4.69) is 20.3 Å². The van der Waals surface area contributed by atoms with Crippen LogP contribution in [0.2, 0.25) is 0 Å². The van der Waals surface area contributed by atoms with Crippen molar-refractivity contribution in [2.75, 3.05) is 7.11 Å². The molecule has 0 aliphatic carbocycles. The average molecular weight is 298 g/mol. The van der Waals surface area contributed by atoms with Crippen LogP contribution in [0.1, 0.15) is 0 Å². The molecule has 3 aromatic rings. The molecule has 0 fully saturated rings. The summed E-state index contributed by atoms with van der Waals surface area (Å²) in [6, 6.07) is 7.74. The van der Waals surface area contributed by atoms with Gasteiger partial charge in [-0.25, -0.2) is 0 Å². The highest BCUT2D eigenvalue weighted by molar-refractivity contribution is 5.69. The van der Waals surface area contributed by atoms with Crippen molar-refractivity contribution < 1.29 is 14.4 Å². The number of pyridine rings is 1. The minimum atomic E-state index is -0.0655. The van der Waals surface area contributed by atoms with Crippen molar-refractivity contribution in [1.82, 2.24) is 15.1 Å². The second kappa shape index (κ2) is 5.60. The molecule has 1 aromatic carbocycles. The largest absolute Gasteiger partial charge is 0.507 e. The summed E-state index contributed by atoms with van der Waals surface area (Å²) < 4.78 is 10.1. The monoisotopic (exact) mass is 298 g/mol. The SMILES string of the molecule is COc1ccc(-c2nc(-c3ncccc3N=O)no2)c(O)c1. The van der Waals surface area contributed by atoms with Crippen LogP contribution in [0.5, 0.6) is 11.5 Å². The van der Waals surface area contributed by atoms with Crippen LogP contribution in [0, 0.1) is 4.91 Å². The molecule has 0 unspecified atom stereocenters. The number of rotatable bonds is 4. The fourth-order valence-corrected chi connectivity index (χ4v) is 1.89. The quantitative estimate of drug-likeness (QED) is 0.737. The minimum Gasteiger partial charge on any atom is -0.507 e. The van der Waals surface area contributed by atoms with Gasteiger partial charge in [0.1, 0.15) is 22.9 Å². The zero-order valence-corrected chi connectivity index (χ0v) is 11.4. The number of hydrogen-bond acceptors (Lipinski definition) is 8. The molecule has 0 bridgehead atoms. The topological polar surface area (TPSA) is 111 Å². The first-order valence-electron chi connectivity index (χ1n) is 6.22. The van der Waals surface area contributed by atoms with Crippen molar-refractivity contribution in [3.63, 3.8) is 0 Å². The molecule has 0 radical (unpaired) electrons. The second-order valence-electron chi connectivity index (χ2n) is 4.27. The summed E-state index contributed by atoms with van der Waals surface area (Å²) in [4.78, 5) is 18.9. The molecule has 0 saturated heterocycles. The molecule has 2 aromatic heterocycles. The van der Waals surface area contributed by atoms with Crippen LogP contribution >= 0.6 is 0 Å². The molecule has 0 aliphatic heterocycles. The summed E-state index contributed by atoms with van der Waals surface area (Å²) in [5.74, 6) is 0.639. The zero-order chi connectivity index (χ0) is 15.5. The van der Waals surface area contributed by atoms with Gasteiger partial charge in [-0.2, -0.15) is 4.98 Å². The normalized spacial score (nSPS) is 10.4. The highest BCUT2D eigenvalue weighted by atomic mass is 16.5. The summed E-state index contributed by atoms with van der Waals surface area (Å²) in [6.45, 7) is 0. The highest BCUT2D eigenvalue weighted by Crippen LogP contribution is 2.33. The van der Waals surface area contributed by atoms with Crippen molar-refractivity contribution >= 4 is 5.69 Å². The van der Waals surface area contributed by atoms with E-state index in [4.69, 9.17) is 9.26 Å².